The number of alkyl halides is 2. The fourth-order valence-corrected chi connectivity index (χ4v) is 2.15. The van der Waals surface area contributed by atoms with Crippen LogP contribution >= 0.6 is 0 Å². The Morgan fingerprint density at radius 1 is 1.30 bits per heavy atom. The molecule has 2 aromatic rings. The smallest absolute Gasteiger partial charge is 0.301 e. The van der Waals surface area contributed by atoms with Gasteiger partial charge in [-0.25, -0.2) is 4.98 Å². The summed E-state index contributed by atoms with van der Waals surface area (Å²) in [6, 6.07) is 2.89. The van der Waals surface area contributed by atoms with Crippen LogP contribution in [0.25, 0.3) is 0 Å². The summed E-state index contributed by atoms with van der Waals surface area (Å²) in [4.78, 5) is 8.21. The molecule has 0 aromatic carbocycles. The van der Waals surface area contributed by atoms with Crippen molar-refractivity contribution in [2.75, 3.05) is 17.6 Å². The highest BCUT2D eigenvalue weighted by molar-refractivity contribution is 5.46. The fraction of sp³-hybridized carbons (Fsp3) is 0.500. The molecule has 5 nitrogen and oxygen atoms in total. The van der Waals surface area contributed by atoms with Crippen molar-refractivity contribution in [2.45, 2.75) is 45.5 Å². The van der Waals surface area contributed by atoms with Crippen LogP contribution in [0.4, 0.5) is 20.5 Å². The van der Waals surface area contributed by atoms with Gasteiger partial charge >= 0.3 is 5.92 Å². The van der Waals surface area contributed by atoms with E-state index in [2.05, 4.69) is 22.2 Å². The van der Waals surface area contributed by atoms with Gasteiger partial charge in [0.2, 0.25) is 5.95 Å². The highest BCUT2D eigenvalue weighted by Gasteiger charge is 2.28. The van der Waals surface area contributed by atoms with Crippen molar-refractivity contribution in [2.24, 2.45) is 0 Å². The van der Waals surface area contributed by atoms with Gasteiger partial charge in [0.15, 0.2) is 5.76 Å². The van der Waals surface area contributed by atoms with Crippen LogP contribution < -0.4 is 11.1 Å². The van der Waals surface area contributed by atoms with Crippen molar-refractivity contribution in [3.8, 4) is 0 Å². The maximum atomic E-state index is 13.2. The lowest BCUT2D eigenvalue weighted by molar-refractivity contribution is -0.00623. The van der Waals surface area contributed by atoms with Gasteiger partial charge < -0.3 is 15.5 Å². The van der Waals surface area contributed by atoms with E-state index in [1.165, 1.54) is 6.07 Å². The van der Waals surface area contributed by atoms with Crippen LogP contribution in [0.15, 0.2) is 22.7 Å². The molecule has 126 valence electrons. The third-order valence-electron chi connectivity index (χ3n) is 3.44. The summed E-state index contributed by atoms with van der Waals surface area (Å²) in [5.41, 5.74) is 6.51. The van der Waals surface area contributed by atoms with Crippen LogP contribution in [0.1, 0.15) is 43.8 Å². The van der Waals surface area contributed by atoms with Crippen LogP contribution in [0, 0.1) is 0 Å². The molecule has 2 aromatic heterocycles. The number of anilines is 2. The lowest BCUT2D eigenvalue weighted by Gasteiger charge is -2.10. The SMILES string of the molecule is CCCCNc1nc(N)ncc1CCc1ccc(C(C)(F)F)o1. The fourth-order valence-electron chi connectivity index (χ4n) is 2.15. The number of rotatable bonds is 8. The van der Waals surface area contributed by atoms with Crippen molar-refractivity contribution in [3.05, 3.63) is 35.4 Å². The van der Waals surface area contributed by atoms with E-state index in [4.69, 9.17) is 10.2 Å². The van der Waals surface area contributed by atoms with Crippen molar-refractivity contribution >= 4 is 11.8 Å². The van der Waals surface area contributed by atoms with E-state index in [-0.39, 0.29) is 11.7 Å². The second-order valence-corrected chi connectivity index (χ2v) is 5.54. The van der Waals surface area contributed by atoms with Crippen LogP contribution in [-0.4, -0.2) is 16.5 Å². The van der Waals surface area contributed by atoms with Crippen molar-refractivity contribution in [1.29, 1.82) is 0 Å². The third-order valence-corrected chi connectivity index (χ3v) is 3.44. The molecule has 3 N–H and O–H groups in total. The van der Waals surface area contributed by atoms with E-state index >= 15 is 0 Å². The number of aryl methyl sites for hydroxylation is 2. The Balaban J connectivity index is 2.03. The maximum Gasteiger partial charge on any atom is 0.301 e. The van der Waals surface area contributed by atoms with Gasteiger partial charge in [0.05, 0.1) is 0 Å². The number of nitrogens with one attached hydrogen (secondary N) is 1. The molecule has 2 rings (SSSR count). The summed E-state index contributed by atoms with van der Waals surface area (Å²) >= 11 is 0. The summed E-state index contributed by atoms with van der Waals surface area (Å²) in [7, 11) is 0. The minimum absolute atomic E-state index is 0.207. The van der Waals surface area contributed by atoms with Crippen molar-refractivity contribution in [3.63, 3.8) is 0 Å². The zero-order valence-corrected chi connectivity index (χ0v) is 13.4. The van der Waals surface area contributed by atoms with Gasteiger partial charge in [-0.15, -0.1) is 0 Å². The van der Waals surface area contributed by atoms with E-state index in [1.54, 1.807) is 12.3 Å². The lowest BCUT2D eigenvalue weighted by Crippen LogP contribution is -2.09. The molecule has 0 aliphatic rings. The maximum absolute atomic E-state index is 13.2. The molecule has 0 unspecified atom stereocenters. The largest absolute Gasteiger partial charge is 0.460 e. The van der Waals surface area contributed by atoms with Gasteiger partial charge in [0.1, 0.15) is 11.6 Å². The first-order valence-electron chi connectivity index (χ1n) is 7.72. The second kappa shape index (κ2) is 7.39. The summed E-state index contributed by atoms with van der Waals surface area (Å²) in [5.74, 6) is -1.87. The quantitative estimate of drug-likeness (QED) is 0.723. The predicted molar refractivity (Wildman–Crippen MR) is 85.5 cm³/mol. The minimum atomic E-state index is -2.96. The molecule has 0 bridgehead atoms. The number of nitrogens with zero attached hydrogens (tertiary/aromatic N) is 2. The lowest BCUT2D eigenvalue weighted by atomic mass is 10.1. The molecular weight excluding hydrogens is 302 g/mol. The van der Waals surface area contributed by atoms with Gasteiger partial charge in [-0.05, 0) is 25.0 Å². The molecular formula is C16H22F2N4O. The minimum Gasteiger partial charge on any atom is -0.460 e. The van der Waals surface area contributed by atoms with Crippen LogP contribution in [-0.2, 0) is 18.8 Å². The molecule has 7 heteroatoms. The van der Waals surface area contributed by atoms with Crippen molar-refractivity contribution < 1.29 is 13.2 Å². The van der Waals surface area contributed by atoms with Gasteiger partial charge in [-0.2, -0.15) is 13.8 Å². The molecule has 0 atom stereocenters. The first kappa shape index (κ1) is 17.2. The molecule has 23 heavy (non-hydrogen) atoms. The Kier molecular flexibility index (Phi) is 5.52. The van der Waals surface area contributed by atoms with Crippen LogP contribution in [0.5, 0.6) is 0 Å². The molecule has 0 fully saturated rings. The van der Waals surface area contributed by atoms with Crippen LogP contribution in [0.3, 0.4) is 0 Å². The van der Waals surface area contributed by atoms with Gasteiger partial charge in [-0.3, -0.25) is 0 Å². The average Bonchev–Trinajstić information content (AvgIpc) is 2.96. The summed E-state index contributed by atoms with van der Waals surface area (Å²) in [6.07, 6.45) is 4.83. The topological polar surface area (TPSA) is 77.0 Å². The normalized spacial score (nSPS) is 11.7. The Labute approximate surface area is 134 Å². The summed E-state index contributed by atoms with van der Waals surface area (Å²) in [6.45, 7) is 3.72. The Morgan fingerprint density at radius 2 is 2.09 bits per heavy atom. The Bertz CT molecular complexity index is 637. The molecule has 0 aliphatic heterocycles. The molecule has 2 heterocycles. The number of hydrogen-bond donors (Lipinski definition) is 2. The number of hydrogen-bond acceptors (Lipinski definition) is 5. The number of aromatic nitrogens is 2. The monoisotopic (exact) mass is 324 g/mol. The van der Waals surface area contributed by atoms with Crippen molar-refractivity contribution in [1.82, 2.24) is 9.97 Å². The summed E-state index contributed by atoms with van der Waals surface area (Å²) < 4.78 is 31.5. The van der Waals surface area contributed by atoms with Crippen LogP contribution in [0.2, 0.25) is 0 Å². The highest BCUT2D eigenvalue weighted by atomic mass is 19.3. The zero-order valence-electron chi connectivity index (χ0n) is 13.4. The molecule has 0 aliphatic carbocycles. The number of nitrogen functional groups attached to an aromatic ring is 1. The predicted octanol–water partition coefficient (Wildman–Crippen LogP) is 3.76. The summed E-state index contributed by atoms with van der Waals surface area (Å²) in [5, 5.41) is 3.24. The molecule has 0 saturated heterocycles. The van der Waals surface area contributed by atoms with E-state index in [0.29, 0.717) is 24.4 Å². The Morgan fingerprint density at radius 3 is 2.74 bits per heavy atom. The van der Waals surface area contributed by atoms with E-state index in [1.807, 2.05) is 0 Å². The first-order chi connectivity index (χ1) is 10.9. The standard InChI is InChI=1S/C16H22F2N4O/c1-3-4-9-20-14-11(10-21-15(19)22-14)5-6-12-7-8-13(23-12)16(2,17)18/h7-8,10H,3-6,9H2,1-2H3,(H3,19,20,21,22). The molecule has 0 amide bonds. The molecule has 0 saturated carbocycles. The second-order valence-electron chi connectivity index (χ2n) is 5.54. The van der Waals surface area contributed by atoms with E-state index in [0.717, 1.165) is 31.9 Å². The van der Waals surface area contributed by atoms with E-state index < -0.39 is 5.92 Å². The zero-order chi connectivity index (χ0) is 16.9. The molecule has 0 spiro atoms. The van der Waals surface area contributed by atoms with E-state index in [9.17, 15) is 8.78 Å². The molecule has 0 radical (unpaired) electrons. The average molecular weight is 324 g/mol. The third kappa shape index (κ3) is 4.91. The highest BCUT2D eigenvalue weighted by Crippen LogP contribution is 2.29. The number of halogens is 2. The van der Waals surface area contributed by atoms with Gasteiger partial charge in [0, 0.05) is 31.6 Å². The van der Waals surface area contributed by atoms with Gasteiger partial charge in [0.25, 0.3) is 0 Å². The number of nitrogens with two attached hydrogens (primary N) is 1. The number of furan rings is 1. The van der Waals surface area contributed by atoms with Gasteiger partial charge in [-0.1, -0.05) is 13.3 Å². The number of unbranched alkanes of at least 4 members (excludes halogenated alkanes) is 1. The first-order valence-corrected chi connectivity index (χ1v) is 7.72. The Hall–Kier alpha value is -2.18.